The fraction of sp³-hybridized carbons (Fsp3) is 0.647. The first-order chi connectivity index (χ1) is 9.13. The number of nitrogens with zero attached hydrogens (tertiary/aromatic N) is 1. The Kier molecular flexibility index (Phi) is 5.26. The van der Waals surface area contributed by atoms with Crippen molar-refractivity contribution in [1.82, 2.24) is 4.90 Å². The van der Waals surface area contributed by atoms with Crippen LogP contribution in [0.2, 0.25) is 0 Å². The van der Waals surface area contributed by atoms with Gasteiger partial charge in [-0.25, -0.2) is 0 Å². The zero-order valence-electron chi connectivity index (χ0n) is 12.6. The van der Waals surface area contributed by atoms with Crippen LogP contribution in [0.25, 0.3) is 0 Å². The van der Waals surface area contributed by atoms with Gasteiger partial charge in [-0.1, -0.05) is 19.1 Å². The highest BCUT2D eigenvalue weighted by atomic mass is 16.5. The van der Waals surface area contributed by atoms with Crippen molar-refractivity contribution in [2.45, 2.75) is 46.1 Å². The summed E-state index contributed by atoms with van der Waals surface area (Å²) in [7, 11) is 0. The molecular weight excluding hydrogens is 234 g/mol. The molecule has 0 saturated carbocycles. The van der Waals surface area contributed by atoms with Gasteiger partial charge >= 0.3 is 0 Å². The molecule has 2 heteroatoms. The summed E-state index contributed by atoms with van der Waals surface area (Å²) in [6.07, 6.45) is 4.12. The van der Waals surface area contributed by atoms with Gasteiger partial charge in [-0.05, 0) is 69.8 Å². The smallest absolute Gasteiger partial charge is 0.119 e. The number of likely N-dealkylation sites (tertiary alicyclic amines) is 1. The number of hydrogen-bond donors (Lipinski definition) is 0. The highest BCUT2D eigenvalue weighted by Crippen LogP contribution is 2.17. The van der Waals surface area contributed by atoms with Gasteiger partial charge < -0.3 is 9.64 Å². The summed E-state index contributed by atoms with van der Waals surface area (Å²) in [6, 6.07) is 8.58. The Morgan fingerprint density at radius 1 is 1.16 bits per heavy atom. The average molecular weight is 261 g/mol. The summed E-state index contributed by atoms with van der Waals surface area (Å²) >= 11 is 0. The number of piperidine rings is 1. The van der Waals surface area contributed by atoms with E-state index in [0.717, 1.165) is 18.1 Å². The van der Waals surface area contributed by atoms with Crippen molar-refractivity contribution in [3.05, 3.63) is 29.8 Å². The Hall–Kier alpha value is -1.02. The fourth-order valence-corrected chi connectivity index (χ4v) is 2.58. The molecule has 19 heavy (non-hydrogen) atoms. The van der Waals surface area contributed by atoms with Gasteiger partial charge in [-0.2, -0.15) is 0 Å². The lowest BCUT2D eigenvalue weighted by Crippen LogP contribution is -2.34. The first-order valence-electron chi connectivity index (χ1n) is 7.61. The van der Waals surface area contributed by atoms with Crippen molar-refractivity contribution in [1.29, 1.82) is 0 Å². The molecule has 1 aromatic carbocycles. The summed E-state index contributed by atoms with van der Waals surface area (Å²) < 4.78 is 5.67. The van der Waals surface area contributed by atoms with Crippen LogP contribution in [-0.4, -0.2) is 30.6 Å². The van der Waals surface area contributed by atoms with Gasteiger partial charge in [0.25, 0.3) is 0 Å². The van der Waals surface area contributed by atoms with Crippen LogP contribution in [0.5, 0.6) is 5.75 Å². The molecule has 0 aliphatic carbocycles. The molecule has 1 aliphatic heterocycles. The van der Waals surface area contributed by atoms with E-state index in [-0.39, 0.29) is 6.10 Å². The molecule has 1 saturated heterocycles. The maximum Gasteiger partial charge on any atom is 0.119 e. The molecule has 0 unspecified atom stereocenters. The molecule has 2 nitrogen and oxygen atoms in total. The van der Waals surface area contributed by atoms with Crippen LogP contribution in [0.3, 0.4) is 0 Å². The molecule has 2 rings (SSSR count). The highest BCUT2D eigenvalue weighted by molar-refractivity contribution is 5.27. The highest BCUT2D eigenvalue weighted by Gasteiger charge is 2.14. The predicted octanol–water partition coefficient (Wildman–Crippen LogP) is 3.75. The van der Waals surface area contributed by atoms with Crippen molar-refractivity contribution >= 4 is 0 Å². The van der Waals surface area contributed by atoms with Gasteiger partial charge in [-0.3, -0.25) is 0 Å². The third kappa shape index (κ3) is 4.87. The molecular formula is C17H27NO. The summed E-state index contributed by atoms with van der Waals surface area (Å²) in [5, 5.41) is 0. The number of ether oxygens (including phenoxy) is 1. The van der Waals surface area contributed by atoms with Gasteiger partial charge in [-0.15, -0.1) is 0 Å². The van der Waals surface area contributed by atoms with Gasteiger partial charge in [0.1, 0.15) is 5.75 Å². The van der Waals surface area contributed by atoms with Crippen molar-refractivity contribution in [2.75, 3.05) is 19.6 Å². The molecule has 0 N–H and O–H groups in total. The van der Waals surface area contributed by atoms with Crippen LogP contribution in [-0.2, 0) is 6.42 Å². The van der Waals surface area contributed by atoms with Crippen molar-refractivity contribution in [2.24, 2.45) is 5.92 Å². The lowest BCUT2D eigenvalue weighted by Gasteiger charge is -2.30. The van der Waals surface area contributed by atoms with E-state index in [9.17, 15) is 0 Å². The first kappa shape index (κ1) is 14.4. The van der Waals surface area contributed by atoms with E-state index in [0.29, 0.717) is 0 Å². The lowest BCUT2D eigenvalue weighted by molar-refractivity contribution is 0.194. The molecule has 1 heterocycles. The van der Waals surface area contributed by atoms with E-state index in [2.05, 4.69) is 49.9 Å². The molecule has 0 amide bonds. The Morgan fingerprint density at radius 3 is 2.37 bits per heavy atom. The Bertz CT molecular complexity index is 363. The number of benzene rings is 1. The van der Waals surface area contributed by atoms with E-state index in [1.165, 1.54) is 38.0 Å². The minimum absolute atomic E-state index is 0.251. The lowest BCUT2D eigenvalue weighted by atomic mass is 9.99. The number of rotatable bonds is 5. The van der Waals surface area contributed by atoms with Gasteiger partial charge in [0, 0.05) is 6.54 Å². The largest absolute Gasteiger partial charge is 0.491 e. The minimum atomic E-state index is 0.251. The predicted molar refractivity (Wildman–Crippen MR) is 80.7 cm³/mol. The third-order valence-electron chi connectivity index (χ3n) is 3.89. The molecule has 0 bridgehead atoms. The monoisotopic (exact) mass is 261 g/mol. The SMILES string of the molecule is CC1CCN(CCc2ccc(OC(C)C)cc2)CC1. The minimum Gasteiger partial charge on any atom is -0.491 e. The van der Waals surface area contributed by atoms with Crippen molar-refractivity contribution in [3.63, 3.8) is 0 Å². The average Bonchev–Trinajstić information content (AvgIpc) is 2.39. The second-order valence-corrected chi connectivity index (χ2v) is 6.08. The summed E-state index contributed by atoms with van der Waals surface area (Å²) in [5.74, 6) is 1.90. The zero-order chi connectivity index (χ0) is 13.7. The van der Waals surface area contributed by atoms with E-state index in [4.69, 9.17) is 4.74 Å². The van der Waals surface area contributed by atoms with Gasteiger partial charge in [0.2, 0.25) is 0 Å². The van der Waals surface area contributed by atoms with Crippen molar-refractivity contribution in [3.8, 4) is 5.75 Å². The maximum absolute atomic E-state index is 5.67. The fourth-order valence-electron chi connectivity index (χ4n) is 2.58. The van der Waals surface area contributed by atoms with E-state index in [1.807, 2.05) is 0 Å². The second-order valence-electron chi connectivity index (χ2n) is 6.08. The molecule has 0 spiro atoms. The first-order valence-corrected chi connectivity index (χ1v) is 7.61. The Labute approximate surface area is 117 Å². The zero-order valence-corrected chi connectivity index (χ0v) is 12.6. The summed E-state index contributed by atoms with van der Waals surface area (Å²) in [4.78, 5) is 2.60. The molecule has 0 atom stereocenters. The normalized spacial score (nSPS) is 17.9. The van der Waals surface area contributed by atoms with Crippen LogP contribution >= 0.6 is 0 Å². The molecule has 0 radical (unpaired) electrons. The van der Waals surface area contributed by atoms with E-state index < -0.39 is 0 Å². The van der Waals surface area contributed by atoms with Crippen LogP contribution in [0.1, 0.15) is 39.2 Å². The molecule has 1 aliphatic rings. The number of hydrogen-bond acceptors (Lipinski definition) is 2. The topological polar surface area (TPSA) is 12.5 Å². The van der Waals surface area contributed by atoms with Gasteiger partial charge in [0.15, 0.2) is 0 Å². The summed E-state index contributed by atoms with van der Waals surface area (Å²) in [6.45, 7) is 10.2. The van der Waals surface area contributed by atoms with Crippen LogP contribution in [0.15, 0.2) is 24.3 Å². The maximum atomic E-state index is 5.67. The Morgan fingerprint density at radius 2 is 1.79 bits per heavy atom. The quantitative estimate of drug-likeness (QED) is 0.800. The van der Waals surface area contributed by atoms with E-state index >= 15 is 0 Å². The van der Waals surface area contributed by atoms with Crippen molar-refractivity contribution < 1.29 is 4.74 Å². The molecule has 1 aromatic rings. The summed E-state index contributed by atoms with van der Waals surface area (Å²) in [5.41, 5.74) is 1.41. The molecule has 1 fully saturated rings. The van der Waals surface area contributed by atoms with Gasteiger partial charge in [0.05, 0.1) is 6.10 Å². The molecule has 0 aromatic heterocycles. The molecule has 106 valence electrons. The Balaban J connectivity index is 1.76. The van der Waals surface area contributed by atoms with E-state index in [1.54, 1.807) is 0 Å². The van der Waals surface area contributed by atoms with Crippen LogP contribution in [0, 0.1) is 5.92 Å². The standard InChI is InChI=1S/C17H27NO/c1-14(2)19-17-6-4-16(5-7-17)10-13-18-11-8-15(3)9-12-18/h4-7,14-15H,8-13H2,1-3H3. The third-order valence-corrected chi connectivity index (χ3v) is 3.89. The van der Waals surface area contributed by atoms with Crippen LogP contribution < -0.4 is 4.74 Å². The second kappa shape index (κ2) is 6.95. The van der Waals surface area contributed by atoms with Crippen LogP contribution in [0.4, 0.5) is 0 Å².